The standard InChI is InChI=1S/C13H10F2O2/c14-12-6-5-11(7-13(12)15)17-10-3-1-9(8-16)2-4-10/h1-7,16H,8H2. The molecule has 0 unspecified atom stereocenters. The van der Waals surface area contributed by atoms with Crippen molar-refractivity contribution in [3.05, 3.63) is 59.7 Å². The van der Waals surface area contributed by atoms with Crippen LogP contribution in [0.5, 0.6) is 11.5 Å². The molecule has 0 saturated carbocycles. The van der Waals surface area contributed by atoms with E-state index in [2.05, 4.69) is 0 Å². The van der Waals surface area contributed by atoms with Gasteiger partial charge in [0, 0.05) is 6.07 Å². The minimum Gasteiger partial charge on any atom is -0.457 e. The predicted octanol–water partition coefficient (Wildman–Crippen LogP) is 3.25. The molecular weight excluding hydrogens is 226 g/mol. The van der Waals surface area contributed by atoms with Crippen molar-refractivity contribution in [1.29, 1.82) is 0 Å². The Kier molecular flexibility index (Phi) is 3.35. The van der Waals surface area contributed by atoms with E-state index in [0.717, 1.165) is 17.7 Å². The van der Waals surface area contributed by atoms with Gasteiger partial charge in [0.25, 0.3) is 0 Å². The van der Waals surface area contributed by atoms with Crippen molar-refractivity contribution in [2.75, 3.05) is 0 Å². The Hall–Kier alpha value is -1.94. The van der Waals surface area contributed by atoms with Crippen molar-refractivity contribution in [1.82, 2.24) is 0 Å². The molecule has 0 aliphatic heterocycles. The Morgan fingerprint density at radius 1 is 0.882 bits per heavy atom. The Morgan fingerprint density at radius 3 is 2.12 bits per heavy atom. The first-order valence-electron chi connectivity index (χ1n) is 5.02. The molecule has 2 aromatic carbocycles. The summed E-state index contributed by atoms with van der Waals surface area (Å²) in [5.41, 5.74) is 0.752. The van der Waals surface area contributed by atoms with Crippen molar-refractivity contribution < 1.29 is 18.6 Å². The van der Waals surface area contributed by atoms with Gasteiger partial charge in [-0.15, -0.1) is 0 Å². The maximum Gasteiger partial charge on any atom is 0.162 e. The van der Waals surface area contributed by atoms with Crippen molar-refractivity contribution in [2.24, 2.45) is 0 Å². The van der Waals surface area contributed by atoms with Gasteiger partial charge in [-0.25, -0.2) is 8.78 Å². The van der Waals surface area contributed by atoms with Crippen LogP contribution in [-0.4, -0.2) is 5.11 Å². The zero-order chi connectivity index (χ0) is 12.3. The van der Waals surface area contributed by atoms with Crippen LogP contribution in [0.15, 0.2) is 42.5 Å². The molecule has 0 heterocycles. The Morgan fingerprint density at radius 2 is 1.53 bits per heavy atom. The zero-order valence-corrected chi connectivity index (χ0v) is 8.86. The monoisotopic (exact) mass is 236 g/mol. The van der Waals surface area contributed by atoms with Crippen LogP contribution in [0.2, 0.25) is 0 Å². The number of rotatable bonds is 3. The fraction of sp³-hybridized carbons (Fsp3) is 0.0769. The van der Waals surface area contributed by atoms with Crippen LogP contribution in [0, 0.1) is 11.6 Å². The summed E-state index contributed by atoms with van der Waals surface area (Å²) in [5.74, 6) is -1.14. The van der Waals surface area contributed by atoms with E-state index in [4.69, 9.17) is 9.84 Å². The molecule has 2 rings (SSSR count). The summed E-state index contributed by atoms with van der Waals surface area (Å²) in [6, 6.07) is 10.0. The number of hydrogen-bond donors (Lipinski definition) is 1. The van der Waals surface area contributed by atoms with Crippen LogP contribution < -0.4 is 4.74 Å². The molecule has 88 valence electrons. The second-order valence-corrected chi connectivity index (χ2v) is 3.48. The molecule has 17 heavy (non-hydrogen) atoms. The fourth-order valence-electron chi connectivity index (χ4n) is 1.34. The topological polar surface area (TPSA) is 29.5 Å². The molecular formula is C13H10F2O2. The highest BCUT2D eigenvalue weighted by molar-refractivity contribution is 5.33. The molecule has 0 saturated heterocycles. The van der Waals surface area contributed by atoms with Gasteiger partial charge in [-0.05, 0) is 29.8 Å². The molecule has 0 amide bonds. The zero-order valence-electron chi connectivity index (χ0n) is 8.86. The fourth-order valence-corrected chi connectivity index (χ4v) is 1.34. The number of ether oxygens (including phenoxy) is 1. The average Bonchev–Trinajstić information content (AvgIpc) is 2.35. The number of hydrogen-bond acceptors (Lipinski definition) is 2. The minimum absolute atomic E-state index is 0.0501. The SMILES string of the molecule is OCc1ccc(Oc2ccc(F)c(F)c2)cc1. The lowest BCUT2D eigenvalue weighted by Crippen LogP contribution is -1.89. The molecule has 0 aliphatic rings. The van der Waals surface area contributed by atoms with Gasteiger partial charge in [-0.3, -0.25) is 0 Å². The Bertz CT molecular complexity index is 509. The predicted molar refractivity (Wildman–Crippen MR) is 58.8 cm³/mol. The molecule has 0 radical (unpaired) electrons. The smallest absolute Gasteiger partial charge is 0.162 e. The first-order valence-corrected chi connectivity index (χ1v) is 5.02. The molecule has 0 atom stereocenters. The van der Waals surface area contributed by atoms with Gasteiger partial charge in [-0.1, -0.05) is 12.1 Å². The maximum atomic E-state index is 12.9. The summed E-state index contributed by atoms with van der Waals surface area (Å²) in [6.07, 6.45) is 0. The van der Waals surface area contributed by atoms with E-state index in [1.807, 2.05) is 0 Å². The van der Waals surface area contributed by atoms with Gasteiger partial charge in [0.2, 0.25) is 0 Å². The Balaban J connectivity index is 2.16. The van der Waals surface area contributed by atoms with Gasteiger partial charge in [-0.2, -0.15) is 0 Å². The lowest BCUT2D eigenvalue weighted by molar-refractivity contribution is 0.281. The first kappa shape index (κ1) is 11.5. The number of aliphatic hydroxyl groups excluding tert-OH is 1. The summed E-state index contributed by atoms with van der Waals surface area (Å²) >= 11 is 0. The molecule has 0 spiro atoms. The second-order valence-electron chi connectivity index (χ2n) is 3.48. The molecule has 0 aromatic heterocycles. The van der Waals surface area contributed by atoms with E-state index in [-0.39, 0.29) is 12.4 Å². The number of halogens is 2. The highest BCUT2D eigenvalue weighted by Crippen LogP contribution is 2.23. The average molecular weight is 236 g/mol. The van der Waals surface area contributed by atoms with Crippen molar-refractivity contribution in [3.8, 4) is 11.5 Å². The quantitative estimate of drug-likeness (QED) is 0.886. The summed E-state index contributed by atoms with van der Waals surface area (Å²) in [6.45, 7) is -0.0501. The summed E-state index contributed by atoms with van der Waals surface area (Å²) in [4.78, 5) is 0. The Labute approximate surface area is 97.1 Å². The molecule has 0 aliphatic carbocycles. The van der Waals surface area contributed by atoms with Crippen molar-refractivity contribution in [2.45, 2.75) is 6.61 Å². The lowest BCUT2D eigenvalue weighted by Gasteiger charge is -2.06. The number of aliphatic hydroxyl groups is 1. The summed E-state index contributed by atoms with van der Waals surface area (Å²) < 4.78 is 30.9. The van der Waals surface area contributed by atoms with Crippen LogP contribution >= 0.6 is 0 Å². The summed E-state index contributed by atoms with van der Waals surface area (Å²) in [7, 11) is 0. The van der Waals surface area contributed by atoms with Gasteiger partial charge >= 0.3 is 0 Å². The third-order valence-corrected chi connectivity index (χ3v) is 2.23. The van der Waals surface area contributed by atoms with Crippen molar-refractivity contribution >= 4 is 0 Å². The van der Waals surface area contributed by atoms with Crippen LogP contribution in [0.1, 0.15) is 5.56 Å². The van der Waals surface area contributed by atoms with Gasteiger partial charge in [0.1, 0.15) is 11.5 Å². The van der Waals surface area contributed by atoms with E-state index in [1.165, 1.54) is 6.07 Å². The third-order valence-electron chi connectivity index (χ3n) is 2.23. The maximum absolute atomic E-state index is 12.9. The number of benzene rings is 2. The molecule has 2 nitrogen and oxygen atoms in total. The second kappa shape index (κ2) is 4.93. The first-order chi connectivity index (χ1) is 8.19. The largest absolute Gasteiger partial charge is 0.457 e. The van der Waals surface area contributed by atoms with E-state index in [0.29, 0.717) is 5.75 Å². The molecule has 4 heteroatoms. The van der Waals surface area contributed by atoms with E-state index in [9.17, 15) is 8.78 Å². The van der Waals surface area contributed by atoms with Crippen LogP contribution in [0.4, 0.5) is 8.78 Å². The van der Waals surface area contributed by atoms with E-state index < -0.39 is 11.6 Å². The van der Waals surface area contributed by atoms with Crippen LogP contribution in [-0.2, 0) is 6.61 Å². The highest BCUT2D eigenvalue weighted by Gasteiger charge is 2.04. The molecule has 2 aromatic rings. The molecule has 0 fully saturated rings. The molecule has 1 N–H and O–H groups in total. The van der Waals surface area contributed by atoms with E-state index in [1.54, 1.807) is 24.3 Å². The van der Waals surface area contributed by atoms with Crippen LogP contribution in [0.3, 0.4) is 0 Å². The van der Waals surface area contributed by atoms with Gasteiger partial charge in [0.05, 0.1) is 6.61 Å². The summed E-state index contributed by atoms with van der Waals surface area (Å²) in [5, 5.41) is 8.85. The van der Waals surface area contributed by atoms with Crippen LogP contribution in [0.25, 0.3) is 0 Å². The molecule has 0 bridgehead atoms. The van der Waals surface area contributed by atoms with Crippen molar-refractivity contribution in [3.63, 3.8) is 0 Å². The normalized spacial score (nSPS) is 10.3. The van der Waals surface area contributed by atoms with Gasteiger partial charge < -0.3 is 9.84 Å². The third kappa shape index (κ3) is 2.79. The van der Waals surface area contributed by atoms with E-state index >= 15 is 0 Å². The minimum atomic E-state index is -0.950. The lowest BCUT2D eigenvalue weighted by atomic mass is 10.2. The highest BCUT2D eigenvalue weighted by atomic mass is 19.2. The van der Waals surface area contributed by atoms with Gasteiger partial charge in [0.15, 0.2) is 11.6 Å².